The van der Waals surface area contributed by atoms with E-state index in [0.717, 1.165) is 49.9 Å². The Morgan fingerprint density at radius 3 is 2.52 bits per heavy atom. The number of carbonyl (C=O) groups is 1. The zero-order valence-corrected chi connectivity index (χ0v) is 17.5. The number of anilines is 1. The van der Waals surface area contributed by atoms with Gasteiger partial charge in [-0.05, 0) is 43.7 Å². The molecule has 0 bridgehead atoms. The van der Waals surface area contributed by atoms with E-state index in [9.17, 15) is 4.79 Å². The van der Waals surface area contributed by atoms with Gasteiger partial charge < -0.3 is 5.32 Å². The summed E-state index contributed by atoms with van der Waals surface area (Å²) in [6, 6.07) is 24.0. The molecule has 0 saturated heterocycles. The minimum atomic E-state index is -0.118. The van der Waals surface area contributed by atoms with Gasteiger partial charge in [-0.2, -0.15) is 5.10 Å². The molecule has 5 nitrogen and oxygen atoms in total. The molecular formula is C26H22N4O. The summed E-state index contributed by atoms with van der Waals surface area (Å²) < 4.78 is 1.80. The molecule has 31 heavy (non-hydrogen) atoms. The Morgan fingerprint density at radius 2 is 1.71 bits per heavy atom. The molecule has 0 fully saturated rings. The van der Waals surface area contributed by atoms with Gasteiger partial charge in [-0.1, -0.05) is 54.1 Å². The van der Waals surface area contributed by atoms with Crippen LogP contribution in [-0.4, -0.2) is 20.7 Å². The van der Waals surface area contributed by atoms with Gasteiger partial charge in [0, 0.05) is 28.2 Å². The van der Waals surface area contributed by atoms with Crippen molar-refractivity contribution in [2.45, 2.75) is 20.4 Å². The van der Waals surface area contributed by atoms with Gasteiger partial charge in [0.2, 0.25) is 5.91 Å². The summed E-state index contributed by atoms with van der Waals surface area (Å²) in [6.45, 7) is 4.18. The van der Waals surface area contributed by atoms with Crippen LogP contribution in [0.2, 0.25) is 0 Å². The first-order valence-electron chi connectivity index (χ1n) is 10.3. The van der Waals surface area contributed by atoms with Gasteiger partial charge in [0.25, 0.3) is 0 Å². The van der Waals surface area contributed by atoms with Gasteiger partial charge in [0.05, 0.1) is 11.0 Å². The van der Waals surface area contributed by atoms with Crippen molar-refractivity contribution in [2.75, 3.05) is 5.32 Å². The summed E-state index contributed by atoms with van der Waals surface area (Å²) in [6.07, 6.45) is 1.86. The first-order valence-corrected chi connectivity index (χ1v) is 10.3. The third-order valence-electron chi connectivity index (χ3n) is 5.37. The predicted molar refractivity (Wildman–Crippen MR) is 125 cm³/mol. The van der Waals surface area contributed by atoms with Crippen LogP contribution in [0.4, 0.5) is 5.69 Å². The van der Waals surface area contributed by atoms with Crippen molar-refractivity contribution < 1.29 is 4.79 Å². The lowest BCUT2D eigenvalue weighted by Crippen LogP contribution is -2.19. The topological polar surface area (TPSA) is 59.8 Å². The smallest absolute Gasteiger partial charge is 0.246 e. The van der Waals surface area contributed by atoms with Crippen molar-refractivity contribution in [2.24, 2.45) is 0 Å². The molecule has 0 aliphatic heterocycles. The van der Waals surface area contributed by atoms with E-state index in [0.29, 0.717) is 0 Å². The highest BCUT2D eigenvalue weighted by molar-refractivity contribution is 6.08. The summed E-state index contributed by atoms with van der Waals surface area (Å²) in [5.41, 5.74) is 6.66. The van der Waals surface area contributed by atoms with E-state index < -0.39 is 0 Å². The Balaban J connectivity index is 1.64. The molecule has 2 heterocycles. The van der Waals surface area contributed by atoms with Crippen LogP contribution in [0.5, 0.6) is 0 Å². The quantitative estimate of drug-likeness (QED) is 0.428. The number of nitrogens with one attached hydrogen (secondary N) is 1. The van der Waals surface area contributed by atoms with E-state index in [4.69, 9.17) is 5.10 Å². The van der Waals surface area contributed by atoms with Crippen molar-refractivity contribution in [1.82, 2.24) is 14.8 Å². The molecule has 5 heteroatoms. The minimum absolute atomic E-state index is 0.115. The average molecular weight is 406 g/mol. The predicted octanol–water partition coefficient (Wildman–Crippen LogP) is 5.51. The lowest BCUT2D eigenvalue weighted by atomic mass is 10.1. The van der Waals surface area contributed by atoms with E-state index in [-0.39, 0.29) is 12.5 Å². The number of fused-ring (bicyclic) bond motifs is 3. The summed E-state index contributed by atoms with van der Waals surface area (Å²) in [5.74, 6) is -0.118. The van der Waals surface area contributed by atoms with Crippen LogP contribution in [-0.2, 0) is 11.3 Å². The summed E-state index contributed by atoms with van der Waals surface area (Å²) in [7, 11) is 0. The van der Waals surface area contributed by atoms with Crippen LogP contribution >= 0.6 is 0 Å². The second-order valence-corrected chi connectivity index (χ2v) is 7.83. The van der Waals surface area contributed by atoms with Gasteiger partial charge in [0.15, 0.2) is 0 Å². The summed E-state index contributed by atoms with van der Waals surface area (Å²) >= 11 is 0. The SMILES string of the molecule is Cc1cccc(NC(=O)Cn2nc(-c3ccccc3)c3cnc4ccc(C)cc4c32)c1. The van der Waals surface area contributed by atoms with Gasteiger partial charge in [-0.15, -0.1) is 0 Å². The lowest BCUT2D eigenvalue weighted by molar-refractivity contribution is -0.116. The van der Waals surface area contributed by atoms with E-state index in [1.165, 1.54) is 0 Å². The monoisotopic (exact) mass is 406 g/mol. The molecule has 1 N–H and O–H groups in total. The van der Waals surface area contributed by atoms with Crippen molar-refractivity contribution >= 4 is 33.4 Å². The molecule has 0 spiro atoms. The van der Waals surface area contributed by atoms with Crippen LogP contribution in [0.25, 0.3) is 33.1 Å². The molecule has 5 rings (SSSR count). The van der Waals surface area contributed by atoms with Crippen LogP contribution in [0.3, 0.4) is 0 Å². The van der Waals surface area contributed by atoms with Crippen molar-refractivity contribution in [3.8, 4) is 11.3 Å². The summed E-state index contributed by atoms with van der Waals surface area (Å²) in [5, 5.41) is 9.78. The molecule has 2 aromatic heterocycles. The number of aryl methyl sites for hydroxylation is 2. The highest BCUT2D eigenvalue weighted by Gasteiger charge is 2.18. The molecule has 0 aliphatic carbocycles. The van der Waals surface area contributed by atoms with E-state index >= 15 is 0 Å². The fraction of sp³-hybridized carbons (Fsp3) is 0.115. The van der Waals surface area contributed by atoms with E-state index in [1.807, 2.05) is 79.9 Å². The summed E-state index contributed by atoms with van der Waals surface area (Å²) in [4.78, 5) is 17.6. The molecular weight excluding hydrogens is 384 g/mol. The van der Waals surface area contributed by atoms with E-state index in [2.05, 4.69) is 23.3 Å². The fourth-order valence-electron chi connectivity index (χ4n) is 3.95. The first kappa shape index (κ1) is 19.0. The van der Waals surface area contributed by atoms with Crippen LogP contribution < -0.4 is 5.32 Å². The minimum Gasteiger partial charge on any atom is -0.324 e. The molecule has 0 aliphatic rings. The van der Waals surface area contributed by atoms with Crippen LogP contribution in [0.1, 0.15) is 11.1 Å². The normalized spacial score (nSPS) is 11.2. The first-order chi connectivity index (χ1) is 15.1. The van der Waals surface area contributed by atoms with Crippen LogP contribution in [0.15, 0.2) is 79.0 Å². The van der Waals surface area contributed by atoms with Gasteiger partial charge in [0.1, 0.15) is 12.2 Å². The molecule has 0 radical (unpaired) electrons. The maximum Gasteiger partial charge on any atom is 0.246 e. The maximum absolute atomic E-state index is 12.9. The number of hydrogen-bond donors (Lipinski definition) is 1. The zero-order valence-electron chi connectivity index (χ0n) is 17.5. The highest BCUT2D eigenvalue weighted by atomic mass is 16.2. The third kappa shape index (κ3) is 3.66. The molecule has 5 aromatic rings. The molecule has 0 atom stereocenters. The van der Waals surface area contributed by atoms with Crippen molar-refractivity contribution in [1.29, 1.82) is 0 Å². The number of aromatic nitrogens is 3. The Bertz CT molecular complexity index is 1420. The second kappa shape index (κ2) is 7.69. The Hall–Kier alpha value is -3.99. The number of pyridine rings is 1. The largest absolute Gasteiger partial charge is 0.324 e. The molecule has 0 saturated carbocycles. The van der Waals surface area contributed by atoms with Gasteiger partial charge in [-0.25, -0.2) is 0 Å². The Morgan fingerprint density at radius 1 is 0.903 bits per heavy atom. The van der Waals surface area contributed by atoms with E-state index in [1.54, 1.807) is 4.68 Å². The average Bonchev–Trinajstić information content (AvgIpc) is 3.13. The Labute approximate surface area is 180 Å². The molecule has 0 unspecified atom stereocenters. The Kier molecular flexibility index (Phi) is 4.71. The highest BCUT2D eigenvalue weighted by Crippen LogP contribution is 2.32. The number of carbonyl (C=O) groups excluding carboxylic acids is 1. The zero-order chi connectivity index (χ0) is 21.4. The van der Waals surface area contributed by atoms with Crippen molar-refractivity contribution in [3.63, 3.8) is 0 Å². The van der Waals surface area contributed by atoms with Crippen molar-refractivity contribution in [3.05, 3.63) is 90.1 Å². The third-order valence-corrected chi connectivity index (χ3v) is 5.37. The van der Waals surface area contributed by atoms with Gasteiger partial charge in [-0.3, -0.25) is 14.5 Å². The fourth-order valence-corrected chi connectivity index (χ4v) is 3.95. The van der Waals surface area contributed by atoms with Crippen LogP contribution in [0, 0.1) is 13.8 Å². The number of nitrogens with zero attached hydrogens (tertiary/aromatic N) is 3. The van der Waals surface area contributed by atoms with Gasteiger partial charge >= 0.3 is 0 Å². The number of benzene rings is 3. The number of amides is 1. The number of hydrogen-bond acceptors (Lipinski definition) is 3. The lowest BCUT2D eigenvalue weighted by Gasteiger charge is -2.08. The molecule has 1 amide bonds. The maximum atomic E-state index is 12.9. The number of rotatable bonds is 4. The molecule has 3 aromatic carbocycles. The molecule has 152 valence electrons. The standard InChI is InChI=1S/C26H22N4O/c1-17-7-6-10-20(13-17)28-24(31)16-30-26-21-14-18(2)11-12-23(21)27-15-22(26)25(29-30)19-8-4-3-5-9-19/h3-15H,16H2,1-2H3,(H,28,31). The second-order valence-electron chi connectivity index (χ2n) is 7.83.